The molecule has 0 fully saturated rings. The van der Waals surface area contributed by atoms with Crippen LogP contribution in [0.5, 0.6) is 0 Å². The molecule has 0 aromatic carbocycles. The molecule has 5 N–H and O–H groups in total. The van der Waals surface area contributed by atoms with E-state index >= 15 is 0 Å². The molecule has 0 aliphatic carbocycles. The van der Waals surface area contributed by atoms with Gasteiger partial charge in [-0.05, 0) is 6.42 Å². The molecule has 7 nitrogen and oxygen atoms in total. The van der Waals surface area contributed by atoms with Crippen LogP contribution in [0.4, 0.5) is 0 Å². The zero-order chi connectivity index (χ0) is 14.9. The van der Waals surface area contributed by atoms with E-state index in [2.05, 4.69) is 10.6 Å². The van der Waals surface area contributed by atoms with Gasteiger partial charge in [-0.3, -0.25) is 9.59 Å². The highest BCUT2D eigenvalue weighted by Crippen LogP contribution is 2.19. The molecule has 0 aliphatic heterocycles. The zero-order valence-electron chi connectivity index (χ0n) is 11.5. The van der Waals surface area contributed by atoms with Gasteiger partial charge in [-0.2, -0.15) is 0 Å². The minimum atomic E-state index is -1.29. The van der Waals surface area contributed by atoms with Crippen molar-refractivity contribution in [2.24, 2.45) is 5.41 Å². The summed E-state index contributed by atoms with van der Waals surface area (Å²) in [6.45, 7) is 3.24. The number of aliphatic hydroxyl groups is 3. The van der Waals surface area contributed by atoms with Gasteiger partial charge in [-0.1, -0.05) is 13.8 Å². The molecule has 0 aliphatic rings. The highest BCUT2D eigenvalue weighted by molar-refractivity contribution is 5.81. The van der Waals surface area contributed by atoms with Crippen LogP contribution in [0, 0.1) is 5.41 Å². The lowest BCUT2D eigenvalue weighted by Gasteiger charge is -2.27. The Balaban J connectivity index is 3.83. The van der Waals surface area contributed by atoms with Crippen molar-refractivity contribution >= 4 is 11.8 Å². The van der Waals surface area contributed by atoms with Gasteiger partial charge in [-0.25, -0.2) is 0 Å². The zero-order valence-corrected chi connectivity index (χ0v) is 11.5. The summed E-state index contributed by atoms with van der Waals surface area (Å²) in [7, 11) is 0. The van der Waals surface area contributed by atoms with E-state index in [0.29, 0.717) is 6.42 Å². The van der Waals surface area contributed by atoms with E-state index < -0.39 is 17.4 Å². The monoisotopic (exact) mass is 276 g/mol. The van der Waals surface area contributed by atoms with Crippen LogP contribution in [0.2, 0.25) is 0 Å². The third-order valence-electron chi connectivity index (χ3n) is 2.71. The summed E-state index contributed by atoms with van der Waals surface area (Å²) < 4.78 is 0. The largest absolute Gasteiger partial charge is 0.396 e. The van der Waals surface area contributed by atoms with Crippen molar-refractivity contribution in [3.8, 4) is 0 Å². The molecule has 0 unspecified atom stereocenters. The van der Waals surface area contributed by atoms with Crippen LogP contribution in [0.15, 0.2) is 0 Å². The van der Waals surface area contributed by atoms with Gasteiger partial charge in [0.2, 0.25) is 11.8 Å². The lowest BCUT2D eigenvalue weighted by atomic mass is 9.87. The molecule has 0 rings (SSSR count). The quantitative estimate of drug-likeness (QED) is 0.324. The Bertz CT molecular complexity index is 294. The first kappa shape index (κ1) is 17.8. The highest BCUT2D eigenvalue weighted by Gasteiger charge is 2.32. The number of hydrogen-bond donors (Lipinski definition) is 5. The fourth-order valence-corrected chi connectivity index (χ4v) is 1.28. The summed E-state index contributed by atoms with van der Waals surface area (Å²) in [6, 6.07) is 0. The number of rotatable bonds is 9. The molecule has 0 bridgehead atoms. The molecular formula is C12H24N2O5. The van der Waals surface area contributed by atoms with Crippen molar-refractivity contribution < 1.29 is 24.9 Å². The molecule has 0 aromatic rings. The van der Waals surface area contributed by atoms with Gasteiger partial charge in [0.1, 0.15) is 6.10 Å². The van der Waals surface area contributed by atoms with Crippen LogP contribution >= 0.6 is 0 Å². The Labute approximate surface area is 113 Å². The number of carbonyl (C=O) groups is 2. The Morgan fingerprint density at radius 1 is 1.16 bits per heavy atom. The normalized spacial score (nSPS) is 12.9. The van der Waals surface area contributed by atoms with Crippen LogP contribution in [0.25, 0.3) is 0 Å². The number of carbonyl (C=O) groups excluding carboxylic acids is 2. The standard InChI is InChI=1S/C12H24N2O5/c1-12(2,8-16)10(18)11(19)14-5-3-4-9(17)13-6-7-15/h10,15-16,18H,3-8H2,1-2H3,(H,13,17)(H,14,19)/t10-/m0/s1. The van der Waals surface area contributed by atoms with E-state index in [4.69, 9.17) is 10.2 Å². The molecule has 19 heavy (non-hydrogen) atoms. The molecule has 1 atom stereocenters. The molecule has 0 heterocycles. The second kappa shape index (κ2) is 8.84. The highest BCUT2D eigenvalue weighted by atomic mass is 16.3. The SMILES string of the molecule is CC(C)(CO)[C@@H](O)C(=O)NCCCC(=O)NCCO. The fourth-order valence-electron chi connectivity index (χ4n) is 1.28. The molecule has 2 amide bonds. The van der Waals surface area contributed by atoms with Gasteiger partial charge in [0.25, 0.3) is 0 Å². The Hall–Kier alpha value is -1.18. The Morgan fingerprint density at radius 2 is 1.79 bits per heavy atom. The van der Waals surface area contributed by atoms with Gasteiger partial charge in [0, 0.05) is 24.9 Å². The van der Waals surface area contributed by atoms with Crippen LogP contribution < -0.4 is 10.6 Å². The average Bonchev–Trinajstić information content (AvgIpc) is 2.39. The van der Waals surface area contributed by atoms with Crippen molar-refractivity contribution in [2.75, 3.05) is 26.3 Å². The summed E-state index contributed by atoms with van der Waals surface area (Å²) in [5.74, 6) is -0.755. The van der Waals surface area contributed by atoms with Gasteiger partial charge in [0.05, 0.1) is 13.2 Å². The summed E-state index contributed by atoms with van der Waals surface area (Å²) in [6.07, 6.45) is -0.615. The number of aliphatic hydroxyl groups excluding tert-OH is 3. The van der Waals surface area contributed by atoms with E-state index in [1.165, 1.54) is 0 Å². The maximum atomic E-state index is 11.6. The number of amides is 2. The molecule has 0 saturated heterocycles. The fraction of sp³-hybridized carbons (Fsp3) is 0.833. The van der Waals surface area contributed by atoms with Crippen molar-refractivity contribution in [1.82, 2.24) is 10.6 Å². The molecule has 0 aromatic heterocycles. The van der Waals surface area contributed by atoms with Gasteiger partial charge in [0.15, 0.2) is 0 Å². The maximum absolute atomic E-state index is 11.6. The molecule has 7 heteroatoms. The number of hydrogen-bond acceptors (Lipinski definition) is 5. The van der Waals surface area contributed by atoms with Crippen LogP contribution in [0.3, 0.4) is 0 Å². The van der Waals surface area contributed by atoms with E-state index in [1.54, 1.807) is 13.8 Å². The third-order valence-corrected chi connectivity index (χ3v) is 2.71. The van der Waals surface area contributed by atoms with Gasteiger partial charge >= 0.3 is 0 Å². The second-order valence-corrected chi connectivity index (χ2v) is 5.02. The van der Waals surface area contributed by atoms with E-state index in [0.717, 1.165) is 0 Å². The smallest absolute Gasteiger partial charge is 0.249 e. The first-order valence-electron chi connectivity index (χ1n) is 6.29. The minimum absolute atomic E-state index is 0.106. The van der Waals surface area contributed by atoms with Gasteiger partial charge in [-0.15, -0.1) is 0 Å². The minimum Gasteiger partial charge on any atom is -0.396 e. The van der Waals surface area contributed by atoms with Crippen LogP contribution in [-0.2, 0) is 9.59 Å². The maximum Gasteiger partial charge on any atom is 0.249 e. The van der Waals surface area contributed by atoms with Crippen LogP contribution in [-0.4, -0.2) is 59.5 Å². The van der Waals surface area contributed by atoms with Crippen molar-refractivity contribution in [3.05, 3.63) is 0 Å². The first-order valence-corrected chi connectivity index (χ1v) is 6.29. The Kier molecular flexibility index (Phi) is 8.29. The topological polar surface area (TPSA) is 119 Å². The number of nitrogens with one attached hydrogen (secondary N) is 2. The predicted octanol–water partition coefficient (Wildman–Crippen LogP) is -1.63. The van der Waals surface area contributed by atoms with Crippen LogP contribution in [0.1, 0.15) is 26.7 Å². The van der Waals surface area contributed by atoms with E-state index in [9.17, 15) is 14.7 Å². The average molecular weight is 276 g/mol. The second-order valence-electron chi connectivity index (χ2n) is 5.02. The van der Waals surface area contributed by atoms with E-state index in [1.807, 2.05) is 0 Å². The molecule has 0 radical (unpaired) electrons. The molecule has 112 valence electrons. The van der Waals surface area contributed by atoms with Gasteiger partial charge < -0.3 is 26.0 Å². The molecular weight excluding hydrogens is 252 g/mol. The van der Waals surface area contributed by atoms with Crippen molar-refractivity contribution in [1.29, 1.82) is 0 Å². The summed E-state index contributed by atoms with van der Waals surface area (Å²) >= 11 is 0. The lowest BCUT2D eigenvalue weighted by molar-refractivity contribution is -0.137. The lowest BCUT2D eigenvalue weighted by Crippen LogP contribution is -2.45. The Morgan fingerprint density at radius 3 is 2.32 bits per heavy atom. The molecule has 0 saturated carbocycles. The third kappa shape index (κ3) is 7.09. The van der Waals surface area contributed by atoms with Crippen molar-refractivity contribution in [3.63, 3.8) is 0 Å². The van der Waals surface area contributed by atoms with Crippen molar-refractivity contribution in [2.45, 2.75) is 32.8 Å². The first-order chi connectivity index (χ1) is 8.85. The molecule has 0 spiro atoms. The van der Waals surface area contributed by atoms with E-state index in [-0.39, 0.29) is 38.6 Å². The summed E-state index contributed by atoms with van der Waals surface area (Å²) in [5, 5.41) is 32.2. The summed E-state index contributed by atoms with van der Waals surface area (Å²) in [4.78, 5) is 22.7. The summed E-state index contributed by atoms with van der Waals surface area (Å²) in [5.41, 5.74) is -0.900. The predicted molar refractivity (Wildman–Crippen MR) is 69.2 cm³/mol.